The molecule has 0 unspecified atom stereocenters. The molecule has 1 rings (SSSR count). The van der Waals surface area contributed by atoms with E-state index in [9.17, 15) is 4.79 Å². The summed E-state index contributed by atoms with van der Waals surface area (Å²) in [5, 5.41) is 0. The van der Waals surface area contributed by atoms with Crippen LogP contribution in [0.1, 0.15) is 29.8 Å². The van der Waals surface area contributed by atoms with Crippen LogP contribution >= 0.6 is 0 Å². The van der Waals surface area contributed by atoms with Crippen molar-refractivity contribution in [2.24, 2.45) is 0 Å². The zero-order chi connectivity index (χ0) is 13.7. The summed E-state index contributed by atoms with van der Waals surface area (Å²) in [6, 6.07) is 5.47. The first-order valence-corrected chi connectivity index (χ1v) is 6.15. The average molecular weight is 250 g/mol. The number of nitrogens with two attached hydrogens (primary N) is 1. The predicted octanol–water partition coefficient (Wildman–Crippen LogP) is 2.07. The number of nitrogens with zero attached hydrogens (tertiary/aromatic N) is 1. The molecular weight excluding hydrogens is 228 g/mol. The topological polar surface area (TPSA) is 55.6 Å². The lowest BCUT2D eigenvalue weighted by Crippen LogP contribution is -2.31. The lowest BCUT2D eigenvalue weighted by Gasteiger charge is -2.19. The van der Waals surface area contributed by atoms with Gasteiger partial charge in [-0.15, -0.1) is 0 Å². The number of nitrogen functional groups attached to an aromatic ring is 1. The highest BCUT2D eigenvalue weighted by atomic mass is 16.5. The van der Waals surface area contributed by atoms with Crippen molar-refractivity contribution in [1.29, 1.82) is 0 Å². The third kappa shape index (κ3) is 4.04. The van der Waals surface area contributed by atoms with Gasteiger partial charge in [-0.2, -0.15) is 0 Å². The number of likely N-dealkylation sites (N-methyl/N-ethyl adjacent to an activating group) is 1. The molecular formula is C14H22N2O2. The van der Waals surface area contributed by atoms with Crippen molar-refractivity contribution in [2.75, 3.05) is 25.9 Å². The van der Waals surface area contributed by atoms with Gasteiger partial charge in [0, 0.05) is 19.3 Å². The average Bonchev–Trinajstić information content (AvgIpc) is 2.27. The van der Waals surface area contributed by atoms with Gasteiger partial charge in [-0.3, -0.25) is 4.79 Å². The molecule has 4 heteroatoms. The maximum atomic E-state index is 12.1. The van der Waals surface area contributed by atoms with Crippen LogP contribution in [0.2, 0.25) is 0 Å². The Morgan fingerprint density at radius 2 is 2.11 bits per heavy atom. The summed E-state index contributed by atoms with van der Waals surface area (Å²) in [5.74, 6) is -0.0696. The number of benzene rings is 1. The summed E-state index contributed by atoms with van der Waals surface area (Å²) in [7, 11) is 1.76. The van der Waals surface area contributed by atoms with E-state index in [1.165, 1.54) is 0 Å². The third-order valence-corrected chi connectivity index (χ3v) is 2.66. The maximum Gasteiger partial charge on any atom is 0.255 e. The molecule has 4 nitrogen and oxygen atoms in total. The second-order valence-electron chi connectivity index (χ2n) is 4.74. The molecule has 0 fully saturated rings. The van der Waals surface area contributed by atoms with Gasteiger partial charge < -0.3 is 15.4 Å². The van der Waals surface area contributed by atoms with Crippen LogP contribution in [0.4, 0.5) is 5.69 Å². The predicted molar refractivity (Wildman–Crippen MR) is 73.6 cm³/mol. The fourth-order valence-electron chi connectivity index (χ4n) is 1.61. The second-order valence-corrected chi connectivity index (χ2v) is 4.74. The molecule has 100 valence electrons. The summed E-state index contributed by atoms with van der Waals surface area (Å²) in [4.78, 5) is 13.8. The monoisotopic (exact) mass is 250 g/mol. The largest absolute Gasteiger partial charge is 0.398 e. The Labute approximate surface area is 109 Å². The molecule has 0 aliphatic rings. The van der Waals surface area contributed by atoms with Crippen molar-refractivity contribution >= 4 is 11.6 Å². The van der Waals surface area contributed by atoms with Gasteiger partial charge in [0.15, 0.2) is 0 Å². The summed E-state index contributed by atoms with van der Waals surface area (Å²) in [6.45, 7) is 6.99. The zero-order valence-electron chi connectivity index (χ0n) is 11.6. The first-order chi connectivity index (χ1) is 8.41. The molecule has 0 heterocycles. The van der Waals surface area contributed by atoms with Gasteiger partial charge in [-0.25, -0.2) is 0 Å². The highest BCUT2D eigenvalue weighted by Crippen LogP contribution is 2.15. The van der Waals surface area contributed by atoms with Gasteiger partial charge in [0.2, 0.25) is 0 Å². The van der Waals surface area contributed by atoms with E-state index < -0.39 is 0 Å². The number of aryl methyl sites for hydroxylation is 1. The Balaban J connectivity index is 2.63. The molecule has 0 bridgehead atoms. The van der Waals surface area contributed by atoms with E-state index in [1.54, 1.807) is 18.0 Å². The van der Waals surface area contributed by atoms with Crippen molar-refractivity contribution < 1.29 is 9.53 Å². The molecule has 1 aromatic rings. The van der Waals surface area contributed by atoms with Crippen LogP contribution in [0.15, 0.2) is 18.2 Å². The highest BCUT2D eigenvalue weighted by molar-refractivity contribution is 5.99. The summed E-state index contributed by atoms with van der Waals surface area (Å²) >= 11 is 0. The number of amides is 1. The summed E-state index contributed by atoms with van der Waals surface area (Å²) in [6.07, 6.45) is 0.179. The van der Waals surface area contributed by atoms with E-state index in [-0.39, 0.29) is 12.0 Å². The van der Waals surface area contributed by atoms with E-state index in [0.29, 0.717) is 24.4 Å². The second kappa shape index (κ2) is 6.40. The molecule has 0 aliphatic heterocycles. The van der Waals surface area contributed by atoms with Crippen molar-refractivity contribution in [2.45, 2.75) is 26.9 Å². The maximum absolute atomic E-state index is 12.1. The molecule has 1 aromatic carbocycles. The van der Waals surface area contributed by atoms with E-state index in [2.05, 4.69) is 0 Å². The number of rotatable bonds is 5. The SMILES string of the molecule is Cc1ccc(C(=O)N(C)CCOC(C)C)c(N)c1. The molecule has 0 aliphatic carbocycles. The van der Waals surface area contributed by atoms with Crippen molar-refractivity contribution in [3.05, 3.63) is 29.3 Å². The molecule has 18 heavy (non-hydrogen) atoms. The Hall–Kier alpha value is -1.55. The zero-order valence-corrected chi connectivity index (χ0v) is 11.6. The Kier molecular flexibility index (Phi) is 5.16. The molecule has 0 saturated carbocycles. The van der Waals surface area contributed by atoms with Gasteiger partial charge in [0.25, 0.3) is 5.91 Å². The molecule has 0 atom stereocenters. The van der Waals surface area contributed by atoms with Crippen LogP contribution in [0.3, 0.4) is 0 Å². The number of hydrogen-bond acceptors (Lipinski definition) is 3. The van der Waals surface area contributed by atoms with Gasteiger partial charge in [-0.1, -0.05) is 6.07 Å². The van der Waals surface area contributed by atoms with Gasteiger partial charge in [0.05, 0.1) is 18.3 Å². The van der Waals surface area contributed by atoms with E-state index in [0.717, 1.165) is 5.56 Å². The molecule has 0 radical (unpaired) electrons. The fourth-order valence-corrected chi connectivity index (χ4v) is 1.61. The Bertz CT molecular complexity index is 416. The van der Waals surface area contributed by atoms with E-state index >= 15 is 0 Å². The lowest BCUT2D eigenvalue weighted by molar-refractivity contribution is 0.0532. The Morgan fingerprint density at radius 3 is 2.67 bits per heavy atom. The number of ether oxygens (including phenoxy) is 1. The minimum Gasteiger partial charge on any atom is -0.398 e. The lowest BCUT2D eigenvalue weighted by atomic mass is 10.1. The first kappa shape index (κ1) is 14.5. The van der Waals surface area contributed by atoms with Crippen molar-refractivity contribution in [3.8, 4) is 0 Å². The van der Waals surface area contributed by atoms with Crippen LogP contribution in [0, 0.1) is 6.92 Å². The minimum absolute atomic E-state index is 0.0696. The number of carbonyl (C=O) groups is 1. The van der Waals surface area contributed by atoms with Crippen LogP contribution in [0.25, 0.3) is 0 Å². The highest BCUT2D eigenvalue weighted by Gasteiger charge is 2.14. The fraction of sp³-hybridized carbons (Fsp3) is 0.500. The van der Waals surface area contributed by atoms with E-state index in [1.807, 2.05) is 32.9 Å². The van der Waals surface area contributed by atoms with Crippen molar-refractivity contribution in [3.63, 3.8) is 0 Å². The first-order valence-electron chi connectivity index (χ1n) is 6.15. The van der Waals surface area contributed by atoms with Gasteiger partial charge >= 0.3 is 0 Å². The normalized spacial score (nSPS) is 10.7. The smallest absolute Gasteiger partial charge is 0.255 e. The summed E-state index contributed by atoms with van der Waals surface area (Å²) < 4.78 is 5.42. The van der Waals surface area contributed by atoms with E-state index in [4.69, 9.17) is 10.5 Å². The number of hydrogen-bond donors (Lipinski definition) is 1. The molecule has 0 spiro atoms. The molecule has 1 amide bonds. The molecule has 0 aromatic heterocycles. The molecule has 2 N–H and O–H groups in total. The minimum atomic E-state index is -0.0696. The molecule has 0 saturated heterocycles. The van der Waals surface area contributed by atoms with Crippen LogP contribution < -0.4 is 5.73 Å². The number of anilines is 1. The standard InChI is InChI=1S/C14H22N2O2/c1-10(2)18-8-7-16(4)14(17)12-6-5-11(3)9-13(12)15/h5-6,9-10H,7-8,15H2,1-4H3. The van der Waals surface area contributed by atoms with Crippen LogP contribution in [-0.4, -0.2) is 37.1 Å². The van der Waals surface area contributed by atoms with Crippen LogP contribution in [-0.2, 0) is 4.74 Å². The number of carbonyl (C=O) groups excluding carboxylic acids is 1. The summed E-state index contributed by atoms with van der Waals surface area (Å²) in [5.41, 5.74) is 7.98. The van der Waals surface area contributed by atoms with Crippen molar-refractivity contribution in [1.82, 2.24) is 4.90 Å². The van der Waals surface area contributed by atoms with Gasteiger partial charge in [-0.05, 0) is 38.5 Å². The quantitative estimate of drug-likeness (QED) is 0.814. The third-order valence-electron chi connectivity index (χ3n) is 2.66. The van der Waals surface area contributed by atoms with Crippen LogP contribution in [0.5, 0.6) is 0 Å². The Morgan fingerprint density at radius 1 is 1.44 bits per heavy atom. The van der Waals surface area contributed by atoms with Gasteiger partial charge in [0.1, 0.15) is 0 Å².